The molecule has 0 fully saturated rings. The average molecular weight is 313 g/mol. The summed E-state index contributed by atoms with van der Waals surface area (Å²) in [5.74, 6) is 0.473. The molecule has 0 spiro atoms. The van der Waals surface area contributed by atoms with Crippen LogP contribution in [0.25, 0.3) is 0 Å². The number of hydrogen-bond donors (Lipinski definition) is 0. The molecule has 2 rings (SSSR count). The van der Waals surface area contributed by atoms with Gasteiger partial charge in [0.2, 0.25) is 0 Å². The molecule has 1 aromatic carbocycles. The highest BCUT2D eigenvalue weighted by Crippen LogP contribution is 2.22. The van der Waals surface area contributed by atoms with Crippen molar-refractivity contribution in [1.29, 1.82) is 0 Å². The number of alkyl halides is 1. The molecule has 0 aliphatic heterocycles. The van der Waals surface area contributed by atoms with E-state index in [0.29, 0.717) is 11.9 Å². The first-order valence-electron chi connectivity index (χ1n) is 5.64. The Labute approximate surface area is 114 Å². The molecule has 0 radical (unpaired) electrons. The van der Waals surface area contributed by atoms with E-state index in [-0.39, 0.29) is 5.82 Å². The smallest absolute Gasteiger partial charge is 0.123 e. The molecule has 0 saturated heterocycles. The number of hydrogen-bond acceptors (Lipinski definition) is 2. The Bertz CT molecular complexity index is 527. The van der Waals surface area contributed by atoms with Gasteiger partial charge in [-0.25, -0.2) is 4.39 Å². The lowest BCUT2D eigenvalue weighted by molar-refractivity contribution is 0.319. The van der Waals surface area contributed by atoms with Gasteiger partial charge in [0.1, 0.15) is 11.6 Å². The van der Waals surface area contributed by atoms with Gasteiger partial charge in [-0.1, -0.05) is 15.9 Å². The maximum absolute atomic E-state index is 13.0. The zero-order chi connectivity index (χ0) is 13.0. The summed E-state index contributed by atoms with van der Waals surface area (Å²) < 4.78 is 20.5. The van der Waals surface area contributed by atoms with Crippen LogP contribution < -0.4 is 4.74 Å². The van der Waals surface area contributed by atoms with Crippen molar-refractivity contribution in [3.05, 3.63) is 47.5 Å². The summed E-state index contributed by atoms with van der Waals surface area (Å²) in [7, 11) is 1.88. The summed E-state index contributed by atoms with van der Waals surface area (Å²) in [6.07, 6.45) is 4.56. The third-order valence-corrected chi connectivity index (χ3v) is 3.18. The second-order valence-corrected chi connectivity index (χ2v) is 4.57. The molecule has 0 unspecified atom stereocenters. The van der Waals surface area contributed by atoms with E-state index in [0.717, 1.165) is 23.3 Å². The molecule has 1 heterocycles. The fraction of sp³-hybridized carbons (Fsp3) is 0.308. The molecule has 0 amide bonds. The number of ether oxygens (including phenoxy) is 1. The van der Waals surface area contributed by atoms with Crippen molar-refractivity contribution in [2.24, 2.45) is 7.05 Å². The Morgan fingerprint density at radius 3 is 2.94 bits per heavy atom. The zero-order valence-corrected chi connectivity index (χ0v) is 11.7. The molecule has 18 heavy (non-hydrogen) atoms. The first kappa shape index (κ1) is 13.1. The van der Waals surface area contributed by atoms with Crippen molar-refractivity contribution in [2.45, 2.75) is 11.8 Å². The Balaban J connectivity index is 1.94. The molecule has 2 aromatic rings. The molecule has 5 heteroatoms. The third kappa shape index (κ3) is 3.32. The molecule has 96 valence electrons. The summed E-state index contributed by atoms with van der Waals surface area (Å²) in [6, 6.07) is 4.55. The number of halogens is 2. The van der Waals surface area contributed by atoms with Crippen LogP contribution in [-0.2, 0) is 18.8 Å². The molecular formula is C13H14BrFN2O. The Morgan fingerprint density at radius 1 is 1.44 bits per heavy atom. The highest BCUT2D eigenvalue weighted by Gasteiger charge is 2.04. The van der Waals surface area contributed by atoms with E-state index < -0.39 is 0 Å². The summed E-state index contributed by atoms with van der Waals surface area (Å²) in [6.45, 7) is 0.553. The van der Waals surface area contributed by atoms with Gasteiger partial charge in [-0.05, 0) is 23.8 Å². The second-order valence-electron chi connectivity index (χ2n) is 4.01. The minimum atomic E-state index is -0.246. The number of aryl methyl sites for hydroxylation is 1. The van der Waals surface area contributed by atoms with Crippen LogP contribution in [0.3, 0.4) is 0 Å². The predicted molar refractivity (Wildman–Crippen MR) is 71.4 cm³/mol. The Morgan fingerprint density at radius 2 is 2.28 bits per heavy atom. The fourth-order valence-electron chi connectivity index (χ4n) is 1.67. The summed E-state index contributed by atoms with van der Waals surface area (Å²) in [5, 5.41) is 4.67. The Kier molecular flexibility index (Phi) is 4.36. The standard InChI is InChI=1S/C13H14BrFN2O/c1-17-9-10(8-16-17)4-5-18-13-3-2-12(15)6-11(13)7-14/h2-3,6,8-9H,4-5,7H2,1H3. The summed E-state index contributed by atoms with van der Waals surface area (Å²) >= 11 is 3.32. The number of benzene rings is 1. The third-order valence-electron chi connectivity index (χ3n) is 2.57. The van der Waals surface area contributed by atoms with Crippen molar-refractivity contribution in [1.82, 2.24) is 9.78 Å². The number of rotatable bonds is 5. The van der Waals surface area contributed by atoms with Gasteiger partial charge in [0, 0.05) is 30.6 Å². The van der Waals surface area contributed by atoms with Crippen LogP contribution in [0.2, 0.25) is 0 Å². The van der Waals surface area contributed by atoms with Crippen LogP contribution in [-0.4, -0.2) is 16.4 Å². The van der Waals surface area contributed by atoms with Gasteiger partial charge < -0.3 is 4.74 Å². The van der Waals surface area contributed by atoms with Crippen molar-refractivity contribution < 1.29 is 9.13 Å². The lowest BCUT2D eigenvalue weighted by Gasteiger charge is -2.09. The monoisotopic (exact) mass is 312 g/mol. The highest BCUT2D eigenvalue weighted by atomic mass is 79.9. The molecule has 0 bridgehead atoms. The molecule has 0 saturated carbocycles. The lowest BCUT2D eigenvalue weighted by atomic mass is 10.2. The number of nitrogens with zero attached hydrogens (tertiary/aromatic N) is 2. The van der Waals surface area contributed by atoms with E-state index in [2.05, 4.69) is 21.0 Å². The maximum Gasteiger partial charge on any atom is 0.123 e. The van der Waals surface area contributed by atoms with E-state index in [1.165, 1.54) is 12.1 Å². The molecular weight excluding hydrogens is 299 g/mol. The van der Waals surface area contributed by atoms with Gasteiger partial charge >= 0.3 is 0 Å². The van der Waals surface area contributed by atoms with Crippen LogP contribution >= 0.6 is 15.9 Å². The largest absolute Gasteiger partial charge is 0.493 e. The average Bonchev–Trinajstić information content (AvgIpc) is 2.77. The van der Waals surface area contributed by atoms with E-state index in [1.807, 2.05) is 19.4 Å². The SMILES string of the molecule is Cn1cc(CCOc2ccc(F)cc2CBr)cn1. The lowest BCUT2D eigenvalue weighted by Crippen LogP contribution is -2.02. The van der Waals surface area contributed by atoms with Gasteiger partial charge in [0.15, 0.2) is 0 Å². The van der Waals surface area contributed by atoms with Gasteiger partial charge in [-0.2, -0.15) is 5.10 Å². The van der Waals surface area contributed by atoms with Crippen molar-refractivity contribution in [3.63, 3.8) is 0 Å². The number of aromatic nitrogens is 2. The van der Waals surface area contributed by atoms with Crippen LogP contribution in [0.15, 0.2) is 30.6 Å². The van der Waals surface area contributed by atoms with Gasteiger partial charge in [-0.15, -0.1) is 0 Å². The fourth-order valence-corrected chi connectivity index (χ4v) is 2.11. The quantitative estimate of drug-likeness (QED) is 0.793. The zero-order valence-electron chi connectivity index (χ0n) is 10.1. The highest BCUT2D eigenvalue weighted by molar-refractivity contribution is 9.08. The molecule has 0 N–H and O–H groups in total. The van der Waals surface area contributed by atoms with Gasteiger partial charge in [0.25, 0.3) is 0 Å². The van der Waals surface area contributed by atoms with Crippen LogP contribution in [0, 0.1) is 5.82 Å². The first-order chi connectivity index (χ1) is 8.69. The van der Waals surface area contributed by atoms with Crippen molar-refractivity contribution >= 4 is 15.9 Å². The van der Waals surface area contributed by atoms with E-state index in [9.17, 15) is 4.39 Å². The second kappa shape index (κ2) is 6.00. The normalized spacial score (nSPS) is 10.6. The topological polar surface area (TPSA) is 27.1 Å². The molecule has 0 aliphatic rings. The minimum Gasteiger partial charge on any atom is -0.493 e. The minimum absolute atomic E-state index is 0.246. The van der Waals surface area contributed by atoms with E-state index in [4.69, 9.17) is 4.74 Å². The van der Waals surface area contributed by atoms with E-state index >= 15 is 0 Å². The molecule has 3 nitrogen and oxygen atoms in total. The molecule has 0 aliphatic carbocycles. The maximum atomic E-state index is 13.0. The van der Waals surface area contributed by atoms with Crippen molar-refractivity contribution in [2.75, 3.05) is 6.61 Å². The predicted octanol–water partition coefficient (Wildman–Crippen LogP) is 3.08. The first-order valence-corrected chi connectivity index (χ1v) is 6.76. The van der Waals surface area contributed by atoms with Crippen LogP contribution in [0.5, 0.6) is 5.75 Å². The summed E-state index contributed by atoms with van der Waals surface area (Å²) in [4.78, 5) is 0. The molecule has 1 aromatic heterocycles. The van der Waals surface area contributed by atoms with Gasteiger partial charge in [-0.3, -0.25) is 4.68 Å². The van der Waals surface area contributed by atoms with Crippen LogP contribution in [0.4, 0.5) is 4.39 Å². The van der Waals surface area contributed by atoms with E-state index in [1.54, 1.807) is 10.7 Å². The summed E-state index contributed by atoms with van der Waals surface area (Å²) in [5.41, 5.74) is 1.95. The van der Waals surface area contributed by atoms with Crippen molar-refractivity contribution in [3.8, 4) is 5.75 Å². The van der Waals surface area contributed by atoms with Gasteiger partial charge in [0.05, 0.1) is 12.8 Å². The van der Waals surface area contributed by atoms with Crippen LogP contribution in [0.1, 0.15) is 11.1 Å². The molecule has 0 atom stereocenters. The Hall–Kier alpha value is -1.36.